The molecule has 25 heavy (non-hydrogen) atoms. The van der Waals surface area contributed by atoms with Crippen molar-refractivity contribution >= 4 is 20.9 Å². The summed E-state index contributed by atoms with van der Waals surface area (Å²) < 4.78 is 38.1. The Kier molecular flexibility index (Phi) is 3.62. The summed E-state index contributed by atoms with van der Waals surface area (Å²) in [6.45, 7) is 4.00. The molecular weight excluding hydrogens is 342 g/mol. The van der Waals surface area contributed by atoms with Crippen molar-refractivity contribution in [3.63, 3.8) is 0 Å². The largest absolute Gasteiger partial charge is 0.495 e. The number of aryl methyl sites for hydroxylation is 2. The fourth-order valence-corrected chi connectivity index (χ4v) is 5.23. The van der Waals surface area contributed by atoms with E-state index >= 15 is 0 Å². The van der Waals surface area contributed by atoms with Gasteiger partial charge in [-0.25, -0.2) is 8.42 Å². The molecule has 4 rings (SSSR count). The number of H-pyrrole nitrogens is 1. The summed E-state index contributed by atoms with van der Waals surface area (Å²) in [5, 5.41) is 4.77. The highest BCUT2D eigenvalue weighted by molar-refractivity contribution is 7.89. The van der Waals surface area contributed by atoms with Gasteiger partial charge in [0.05, 0.1) is 12.6 Å². The minimum atomic E-state index is -3.65. The summed E-state index contributed by atoms with van der Waals surface area (Å²) >= 11 is 0. The minimum Gasteiger partial charge on any atom is -0.495 e. The van der Waals surface area contributed by atoms with Crippen molar-refractivity contribution in [3.05, 3.63) is 40.9 Å². The van der Waals surface area contributed by atoms with Gasteiger partial charge in [0.2, 0.25) is 10.0 Å². The Balaban J connectivity index is 1.79. The Morgan fingerprint density at radius 2 is 2.12 bits per heavy atom. The topological polar surface area (TPSA) is 88.4 Å². The predicted octanol–water partition coefficient (Wildman–Crippen LogP) is 2.53. The first-order valence-corrected chi connectivity index (χ1v) is 9.47. The van der Waals surface area contributed by atoms with E-state index in [4.69, 9.17) is 9.26 Å². The Morgan fingerprint density at radius 3 is 2.80 bits per heavy atom. The van der Waals surface area contributed by atoms with Crippen LogP contribution >= 0.6 is 0 Å². The van der Waals surface area contributed by atoms with Crippen LogP contribution < -0.4 is 4.74 Å². The number of nitrogens with one attached hydrogen (secondary N) is 1. The molecule has 1 aliphatic rings. The molecule has 3 aromatic rings. The van der Waals surface area contributed by atoms with Gasteiger partial charge < -0.3 is 14.2 Å². The first-order valence-electron chi connectivity index (χ1n) is 8.03. The van der Waals surface area contributed by atoms with Crippen molar-refractivity contribution in [2.45, 2.75) is 31.7 Å². The van der Waals surface area contributed by atoms with Crippen LogP contribution in [-0.2, 0) is 23.0 Å². The number of nitrogens with zero attached hydrogens (tertiary/aromatic N) is 2. The smallest absolute Gasteiger partial charge is 0.248 e. The van der Waals surface area contributed by atoms with Crippen molar-refractivity contribution in [2.24, 2.45) is 0 Å². The van der Waals surface area contributed by atoms with Crippen molar-refractivity contribution in [1.29, 1.82) is 0 Å². The lowest BCUT2D eigenvalue weighted by molar-refractivity contribution is 0.381. The maximum atomic E-state index is 13.1. The van der Waals surface area contributed by atoms with Gasteiger partial charge in [-0.3, -0.25) is 0 Å². The molecule has 0 bridgehead atoms. The van der Waals surface area contributed by atoms with E-state index in [1.165, 1.54) is 4.31 Å². The number of ether oxygens (including phenoxy) is 1. The average Bonchev–Trinajstić information content (AvgIpc) is 3.14. The molecule has 0 fully saturated rings. The molecule has 0 radical (unpaired) electrons. The first-order chi connectivity index (χ1) is 11.9. The molecular formula is C17H19N3O4S. The Hall–Kier alpha value is -2.32. The van der Waals surface area contributed by atoms with Gasteiger partial charge in [-0.1, -0.05) is 17.3 Å². The van der Waals surface area contributed by atoms with Crippen LogP contribution in [0.1, 0.15) is 22.7 Å². The zero-order valence-electron chi connectivity index (χ0n) is 14.3. The lowest BCUT2D eigenvalue weighted by Crippen LogP contribution is -2.36. The molecule has 0 amide bonds. The molecule has 1 aliphatic heterocycles. The normalized spacial score (nSPS) is 15.5. The summed E-state index contributed by atoms with van der Waals surface area (Å²) in [5.41, 5.74) is 3.36. The molecule has 0 unspecified atom stereocenters. The summed E-state index contributed by atoms with van der Waals surface area (Å²) in [6, 6.07) is 5.79. The zero-order chi connectivity index (χ0) is 17.8. The molecule has 7 nitrogen and oxygen atoms in total. The van der Waals surface area contributed by atoms with Crippen LogP contribution in [0, 0.1) is 13.8 Å². The van der Waals surface area contributed by atoms with Gasteiger partial charge in [-0.15, -0.1) is 0 Å². The molecule has 0 spiro atoms. The highest BCUT2D eigenvalue weighted by Gasteiger charge is 2.34. The standard InChI is InChI=1S/C17H19N3O4S/c1-10-17(11(2)24-19-10)25(21,22)20-8-7-14-13(9-20)12-5-4-6-15(23-3)16(12)18-14/h4-6,18H,7-9H2,1-3H3. The van der Waals surface area contributed by atoms with Gasteiger partial charge in [0, 0.05) is 30.6 Å². The third-order valence-electron chi connectivity index (χ3n) is 4.72. The number of rotatable bonds is 3. The first kappa shape index (κ1) is 16.2. The highest BCUT2D eigenvalue weighted by atomic mass is 32.2. The molecule has 1 aromatic carbocycles. The van der Waals surface area contributed by atoms with E-state index in [2.05, 4.69) is 10.1 Å². The highest BCUT2D eigenvalue weighted by Crippen LogP contribution is 2.35. The number of sulfonamides is 1. The Labute approximate surface area is 145 Å². The SMILES string of the molecule is COc1cccc2c3c([nH]c12)CCN(S(=O)(=O)c1c(C)noc1C)C3. The van der Waals surface area contributed by atoms with Gasteiger partial charge in [0.15, 0.2) is 5.76 Å². The fourth-order valence-electron chi connectivity index (χ4n) is 3.53. The predicted molar refractivity (Wildman–Crippen MR) is 92.1 cm³/mol. The van der Waals surface area contributed by atoms with Gasteiger partial charge in [-0.2, -0.15) is 4.31 Å². The van der Waals surface area contributed by atoms with Crippen LogP contribution in [-0.4, -0.2) is 36.5 Å². The van der Waals surface area contributed by atoms with Crippen LogP contribution in [0.25, 0.3) is 10.9 Å². The van der Waals surface area contributed by atoms with Gasteiger partial charge in [0.25, 0.3) is 0 Å². The van der Waals surface area contributed by atoms with Crippen LogP contribution in [0.4, 0.5) is 0 Å². The molecule has 1 N–H and O–H groups in total. The van der Waals surface area contributed by atoms with Crippen LogP contribution in [0.15, 0.2) is 27.6 Å². The molecule has 132 valence electrons. The number of aromatic nitrogens is 2. The number of benzene rings is 1. The van der Waals surface area contributed by atoms with Crippen LogP contribution in [0.2, 0.25) is 0 Å². The number of hydrogen-bond donors (Lipinski definition) is 1. The third-order valence-corrected chi connectivity index (χ3v) is 6.81. The third kappa shape index (κ3) is 2.36. The second-order valence-electron chi connectivity index (χ2n) is 6.21. The fraction of sp³-hybridized carbons (Fsp3) is 0.353. The molecule has 2 aromatic heterocycles. The Bertz CT molecular complexity index is 1050. The molecule has 0 saturated carbocycles. The van der Waals surface area contributed by atoms with E-state index < -0.39 is 10.0 Å². The van der Waals surface area contributed by atoms with Crippen molar-refractivity contribution in [2.75, 3.05) is 13.7 Å². The Morgan fingerprint density at radius 1 is 1.32 bits per heavy atom. The average molecular weight is 361 g/mol. The van der Waals surface area contributed by atoms with E-state index in [0.29, 0.717) is 31.0 Å². The molecule has 0 aliphatic carbocycles. The maximum Gasteiger partial charge on any atom is 0.248 e. The summed E-state index contributed by atoms with van der Waals surface area (Å²) in [7, 11) is -2.03. The number of aromatic amines is 1. The summed E-state index contributed by atoms with van der Waals surface area (Å²) in [6.07, 6.45) is 0.621. The monoisotopic (exact) mass is 361 g/mol. The lowest BCUT2D eigenvalue weighted by atomic mass is 10.1. The van der Waals surface area contributed by atoms with Gasteiger partial charge in [0.1, 0.15) is 16.3 Å². The van der Waals surface area contributed by atoms with Crippen LogP contribution in [0.5, 0.6) is 5.75 Å². The van der Waals surface area contributed by atoms with Crippen molar-refractivity contribution < 1.29 is 17.7 Å². The molecule has 8 heteroatoms. The van der Waals surface area contributed by atoms with Crippen LogP contribution in [0.3, 0.4) is 0 Å². The second kappa shape index (κ2) is 5.60. The van der Waals surface area contributed by atoms with E-state index in [-0.39, 0.29) is 4.90 Å². The summed E-state index contributed by atoms with van der Waals surface area (Å²) in [4.78, 5) is 3.56. The maximum absolute atomic E-state index is 13.1. The number of para-hydroxylation sites is 1. The number of fused-ring (bicyclic) bond motifs is 3. The quantitative estimate of drug-likeness (QED) is 0.774. The molecule has 3 heterocycles. The summed E-state index contributed by atoms with van der Waals surface area (Å²) in [5.74, 6) is 1.08. The lowest BCUT2D eigenvalue weighted by Gasteiger charge is -2.26. The van der Waals surface area contributed by atoms with Crippen molar-refractivity contribution in [3.8, 4) is 5.75 Å². The second-order valence-corrected chi connectivity index (χ2v) is 8.08. The molecule has 0 atom stereocenters. The van der Waals surface area contributed by atoms with E-state index in [1.54, 1.807) is 21.0 Å². The molecule has 0 saturated heterocycles. The minimum absolute atomic E-state index is 0.174. The van der Waals surface area contributed by atoms with E-state index in [0.717, 1.165) is 27.9 Å². The number of hydrogen-bond acceptors (Lipinski definition) is 5. The zero-order valence-corrected chi connectivity index (χ0v) is 15.1. The van der Waals surface area contributed by atoms with Crippen molar-refractivity contribution in [1.82, 2.24) is 14.4 Å². The van der Waals surface area contributed by atoms with E-state index in [1.807, 2.05) is 18.2 Å². The van der Waals surface area contributed by atoms with Gasteiger partial charge >= 0.3 is 0 Å². The van der Waals surface area contributed by atoms with Gasteiger partial charge in [-0.05, 0) is 25.5 Å². The number of methoxy groups -OCH3 is 1. The van der Waals surface area contributed by atoms with E-state index in [9.17, 15) is 8.42 Å².